The van der Waals surface area contributed by atoms with Crippen LogP contribution in [0, 0.1) is 6.92 Å². The largest absolute Gasteiger partial charge is 0.490 e. The molecule has 2 heterocycles. The Morgan fingerprint density at radius 2 is 2.18 bits per heavy atom. The van der Waals surface area contributed by atoms with E-state index in [2.05, 4.69) is 10.3 Å². The van der Waals surface area contributed by atoms with Crippen molar-refractivity contribution in [3.05, 3.63) is 35.2 Å². The van der Waals surface area contributed by atoms with Crippen LogP contribution < -0.4 is 15.4 Å². The first-order valence-electron chi connectivity index (χ1n) is 7.51. The van der Waals surface area contributed by atoms with Crippen LogP contribution in [0.15, 0.2) is 33.7 Å². The Bertz CT molecular complexity index is 898. The number of hydrogen-bond acceptors (Lipinski definition) is 5. The summed E-state index contributed by atoms with van der Waals surface area (Å²) in [6.07, 6.45) is 0. The summed E-state index contributed by atoms with van der Waals surface area (Å²) in [5.74, 6) is 1.58. The molecule has 0 fully saturated rings. The quantitative estimate of drug-likeness (QED) is 0.701. The number of fused-ring (bicyclic) bond motifs is 3. The van der Waals surface area contributed by atoms with E-state index < -0.39 is 0 Å². The van der Waals surface area contributed by atoms with E-state index >= 15 is 0 Å². The minimum atomic E-state index is 0.671. The maximum Gasteiger partial charge on any atom is 0.155 e. The molecule has 5 nitrogen and oxygen atoms in total. The van der Waals surface area contributed by atoms with Gasteiger partial charge in [-0.2, -0.15) is 0 Å². The molecule has 0 spiro atoms. The zero-order chi connectivity index (χ0) is 15.1. The predicted molar refractivity (Wildman–Crippen MR) is 85.5 cm³/mol. The minimum Gasteiger partial charge on any atom is -0.490 e. The average Bonchev–Trinajstić information content (AvgIpc) is 2.52. The number of aromatic nitrogens is 1. The van der Waals surface area contributed by atoms with Crippen molar-refractivity contribution >= 4 is 16.8 Å². The first kappa shape index (κ1) is 13.1. The van der Waals surface area contributed by atoms with Crippen molar-refractivity contribution in [2.75, 3.05) is 25.0 Å². The van der Waals surface area contributed by atoms with Crippen LogP contribution in [-0.2, 0) is 0 Å². The molecule has 1 aliphatic carbocycles. The molecule has 22 heavy (non-hydrogen) atoms. The molecule has 5 heteroatoms. The van der Waals surface area contributed by atoms with E-state index in [0.717, 1.165) is 58.0 Å². The van der Waals surface area contributed by atoms with Gasteiger partial charge in [-0.3, -0.25) is 4.99 Å². The van der Waals surface area contributed by atoms with Crippen LogP contribution >= 0.6 is 0 Å². The van der Waals surface area contributed by atoms with Crippen molar-refractivity contribution < 1.29 is 9.15 Å². The molecule has 4 rings (SSSR count). The highest BCUT2D eigenvalue weighted by molar-refractivity contribution is 5.83. The Morgan fingerprint density at radius 3 is 3.05 bits per heavy atom. The molecular weight excluding hydrogens is 278 g/mol. The molecule has 0 amide bonds. The predicted octanol–water partition coefficient (Wildman–Crippen LogP) is 2.97. The maximum absolute atomic E-state index is 6.04. The van der Waals surface area contributed by atoms with Gasteiger partial charge in [0.2, 0.25) is 0 Å². The monoisotopic (exact) mass is 295 g/mol. The zero-order valence-corrected chi connectivity index (χ0v) is 12.6. The number of nitrogens with one attached hydrogen (secondary N) is 1. The minimum absolute atomic E-state index is 0.671. The lowest BCUT2D eigenvalue weighted by molar-refractivity contribution is 0.323. The van der Waals surface area contributed by atoms with Crippen molar-refractivity contribution in [3.8, 4) is 17.2 Å². The Hall–Kier alpha value is -2.56. The van der Waals surface area contributed by atoms with Gasteiger partial charge >= 0.3 is 0 Å². The summed E-state index contributed by atoms with van der Waals surface area (Å²) < 4.78 is 11.7. The van der Waals surface area contributed by atoms with Gasteiger partial charge in [0.15, 0.2) is 11.3 Å². The summed E-state index contributed by atoms with van der Waals surface area (Å²) in [4.78, 5) is 9.19. The van der Waals surface area contributed by atoms with Crippen molar-refractivity contribution in [2.24, 2.45) is 4.99 Å². The molecule has 0 unspecified atom stereocenters. The van der Waals surface area contributed by atoms with E-state index in [0.29, 0.717) is 6.61 Å². The lowest BCUT2D eigenvalue weighted by atomic mass is 10.1. The first-order chi connectivity index (χ1) is 10.7. The highest BCUT2D eigenvalue weighted by Crippen LogP contribution is 2.34. The third-order valence-corrected chi connectivity index (χ3v) is 3.80. The summed E-state index contributed by atoms with van der Waals surface area (Å²) in [5.41, 5.74) is 4.44. The molecule has 0 bridgehead atoms. The van der Waals surface area contributed by atoms with E-state index in [-0.39, 0.29) is 0 Å². The van der Waals surface area contributed by atoms with E-state index in [1.54, 1.807) is 0 Å². The average molecular weight is 295 g/mol. The second-order valence-electron chi connectivity index (χ2n) is 5.39. The standard InChI is InChI=1S/C17H17N3O2/c1-3-18-11-7-16-13(6-10(11)2)20-14-9-15-12(8-17(14)22-16)19-4-5-21-15/h6-9,19H,3-5H2,1-2H3. The number of rotatable bonds is 1. The van der Waals surface area contributed by atoms with Crippen LogP contribution in [0.1, 0.15) is 12.5 Å². The van der Waals surface area contributed by atoms with Gasteiger partial charge in [-0.15, -0.1) is 0 Å². The molecule has 1 aromatic carbocycles. The normalized spacial score (nSPS) is 14.7. The zero-order valence-electron chi connectivity index (χ0n) is 12.6. The number of nitrogens with zero attached hydrogens (tertiary/aromatic N) is 2. The van der Waals surface area contributed by atoms with Gasteiger partial charge in [0, 0.05) is 31.3 Å². The summed E-state index contributed by atoms with van der Waals surface area (Å²) >= 11 is 0. The SMILES string of the molecule is CCN=c1cc2oc3cc4c(cc3nc-2cc1C)OCCN4. The third-order valence-electron chi connectivity index (χ3n) is 3.80. The third kappa shape index (κ3) is 2.09. The van der Waals surface area contributed by atoms with Crippen molar-refractivity contribution in [2.45, 2.75) is 13.8 Å². The molecule has 1 N–H and O–H groups in total. The van der Waals surface area contributed by atoms with Gasteiger partial charge in [0.25, 0.3) is 0 Å². The summed E-state index contributed by atoms with van der Waals surface area (Å²) in [7, 11) is 0. The van der Waals surface area contributed by atoms with Crippen molar-refractivity contribution in [1.29, 1.82) is 0 Å². The number of anilines is 1. The lowest BCUT2D eigenvalue weighted by Crippen LogP contribution is -2.17. The van der Waals surface area contributed by atoms with Crippen LogP contribution in [0.5, 0.6) is 5.75 Å². The Kier molecular flexibility index (Phi) is 2.99. The fraction of sp³-hybridized carbons (Fsp3) is 0.294. The molecule has 2 aliphatic heterocycles. The van der Waals surface area contributed by atoms with Crippen molar-refractivity contribution in [1.82, 2.24) is 4.98 Å². The molecule has 0 saturated heterocycles. The highest BCUT2D eigenvalue weighted by Gasteiger charge is 2.15. The smallest absolute Gasteiger partial charge is 0.155 e. The van der Waals surface area contributed by atoms with Gasteiger partial charge in [-0.05, 0) is 25.5 Å². The van der Waals surface area contributed by atoms with Crippen LogP contribution in [0.4, 0.5) is 5.69 Å². The number of hydrogen-bond donors (Lipinski definition) is 1. The van der Waals surface area contributed by atoms with Gasteiger partial charge < -0.3 is 14.5 Å². The number of ether oxygens (including phenoxy) is 1. The van der Waals surface area contributed by atoms with Crippen LogP contribution in [0.3, 0.4) is 0 Å². The first-order valence-corrected chi connectivity index (χ1v) is 7.51. The summed E-state index contributed by atoms with van der Waals surface area (Å²) in [5, 5.41) is 4.27. The maximum atomic E-state index is 6.04. The number of benzene rings is 2. The molecule has 0 radical (unpaired) electrons. The Balaban J connectivity index is 1.99. The van der Waals surface area contributed by atoms with Gasteiger partial charge in [-0.25, -0.2) is 4.98 Å². The van der Waals surface area contributed by atoms with E-state index in [1.807, 2.05) is 38.1 Å². The topological polar surface area (TPSA) is 59.7 Å². The lowest BCUT2D eigenvalue weighted by Gasteiger charge is -2.19. The molecule has 1 aromatic rings. The summed E-state index contributed by atoms with van der Waals surface area (Å²) in [6.45, 7) is 6.29. The summed E-state index contributed by atoms with van der Waals surface area (Å²) in [6, 6.07) is 7.86. The van der Waals surface area contributed by atoms with Crippen LogP contribution in [-0.4, -0.2) is 24.7 Å². The van der Waals surface area contributed by atoms with Crippen molar-refractivity contribution in [3.63, 3.8) is 0 Å². The van der Waals surface area contributed by atoms with Gasteiger partial charge in [0.1, 0.15) is 23.6 Å². The molecule has 0 atom stereocenters. The molecule has 0 aromatic heterocycles. The molecule has 3 aliphatic rings. The number of aryl methyl sites for hydroxylation is 1. The molecule has 112 valence electrons. The Morgan fingerprint density at radius 1 is 1.27 bits per heavy atom. The second kappa shape index (κ2) is 5.02. The fourth-order valence-electron chi connectivity index (χ4n) is 2.74. The van der Waals surface area contributed by atoms with Gasteiger partial charge in [-0.1, -0.05) is 0 Å². The molecular formula is C17H17N3O2. The van der Waals surface area contributed by atoms with E-state index in [4.69, 9.17) is 14.1 Å². The highest BCUT2D eigenvalue weighted by atomic mass is 16.5. The van der Waals surface area contributed by atoms with E-state index in [1.165, 1.54) is 0 Å². The van der Waals surface area contributed by atoms with E-state index in [9.17, 15) is 0 Å². The van der Waals surface area contributed by atoms with Crippen LogP contribution in [0.25, 0.3) is 22.6 Å². The Labute approximate surface area is 128 Å². The fourth-order valence-corrected chi connectivity index (χ4v) is 2.74. The second-order valence-corrected chi connectivity index (χ2v) is 5.39. The van der Waals surface area contributed by atoms with Gasteiger partial charge in [0.05, 0.1) is 11.0 Å². The van der Waals surface area contributed by atoms with Crippen LogP contribution in [0.2, 0.25) is 0 Å². The molecule has 0 saturated carbocycles.